The lowest BCUT2D eigenvalue weighted by Crippen LogP contribution is -2.31. The van der Waals surface area contributed by atoms with Crippen LogP contribution in [0.2, 0.25) is 0 Å². The van der Waals surface area contributed by atoms with Crippen LogP contribution in [0.4, 0.5) is 0 Å². The molecule has 1 saturated carbocycles. The Bertz CT molecular complexity index is 313. The number of oxime groups is 1. The molecule has 0 atom stereocenters. The lowest BCUT2D eigenvalue weighted by Gasteiger charge is -2.26. The largest absolute Gasteiger partial charge is 0.411 e. The molecule has 1 aliphatic carbocycles. The molecule has 0 heterocycles. The molecule has 1 fully saturated rings. The molecule has 74 valence electrons. The molecule has 14 heavy (non-hydrogen) atoms. The molecule has 1 aromatic carbocycles. The van der Waals surface area contributed by atoms with Crippen molar-refractivity contribution in [2.75, 3.05) is 0 Å². The van der Waals surface area contributed by atoms with E-state index in [1.165, 1.54) is 5.56 Å². The normalized spacial score (nSPS) is 20.3. The average Bonchev–Trinajstić information content (AvgIpc) is 2.17. The first-order chi connectivity index (χ1) is 6.88. The Morgan fingerprint density at radius 3 is 2.64 bits per heavy atom. The minimum atomic E-state index is 0.237. The molecule has 0 spiro atoms. The van der Waals surface area contributed by atoms with Crippen molar-refractivity contribution in [2.24, 2.45) is 5.16 Å². The van der Waals surface area contributed by atoms with Crippen LogP contribution in [0.1, 0.15) is 18.4 Å². The monoisotopic (exact) mass is 191 g/mol. The second kappa shape index (κ2) is 4.24. The molecule has 0 amide bonds. The van der Waals surface area contributed by atoms with Crippen LogP contribution in [0.3, 0.4) is 0 Å². The van der Waals surface area contributed by atoms with Crippen LogP contribution >= 0.6 is 0 Å². The maximum Gasteiger partial charge on any atom is 0.0720 e. The molecule has 3 nitrogen and oxygen atoms in total. The predicted octanol–water partition coefficient (Wildman–Crippen LogP) is 2.20. The molecular weight excluding hydrogens is 178 g/mol. The molecule has 0 bridgehead atoms. The van der Waals surface area contributed by atoms with E-state index in [0.717, 1.165) is 18.6 Å². The summed E-state index contributed by atoms with van der Waals surface area (Å²) >= 11 is 0. The molecule has 2 rings (SSSR count). The first kappa shape index (κ1) is 9.21. The van der Waals surface area contributed by atoms with E-state index in [0.29, 0.717) is 6.61 Å². The molecule has 0 aliphatic heterocycles. The van der Waals surface area contributed by atoms with Gasteiger partial charge in [-0.1, -0.05) is 35.5 Å². The zero-order valence-corrected chi connectivity index (χ0v) is 7.89. The van der Waals surface area contributed by atoms with Crippen molar-refractivity contribution in [3.8, 4) is 0 Å². The fourth-order valence-electron chi connectivity index (χ4n) is 1.45. The highest BCUT2D eigenvalue weighted by atomic mass is 16.5. The fourth-order valence-corrected chi connectivity index (χ4v) is 1.45. The van der Waals surface area contributed by atoms with E-state index >= 15 is 0 Å². The fraction of sp³-hybridized carbons (Fsp3) is 0.364. The van der Waals surface area contributed by atoms with Gasteiger partial charge in [-0.15, -0.1) is 0 Å². The second-order valence-electron chi connectivity index (χ2n) is 3.49. The molecule has 0 radical (unpaired) electrons. The van der Waals surface area contributed by atoms with Gasteiger partial charge in [0.25, 0.3) is 0 Å². The lowest BCUT2D eigenvalue weighted by molar-refractivity contribution is 0.0326. The van der Waals surface area contributed by atoms with Crippen molar-refractivity contribution in [2.45, 2.75) is 25.6 Å². The van der Waals surface area contributed by atoms with Gasteiger partial charge in [-0.25, -0.2) is 0 Å². The Hall–Kier alpha value is -1.35. The summed E-state index contributed by atoms with van der Waals surface area (Å²) in [4.78, 5) is 0. The molecule has 1 aliphatic rings. The Kier molecular flexibility index (Phi) is 2.79. The summed E-state index contributed by atoms with van der Waals surface area (Å²) in [5, 5.41) is 11.6. The van der Waals surface area contributed by atoms with E-state index < -0.39 is 0 Å². The first-order valence-corrected chi connectivity index (χ1v) is 4.74. The van der Waals surface area contributed by atoms with Gasteiger partial charge in [0.1, 0.15) is 0 Å². The number of benzene rings is 1. The van der Waals surface area contributed by atoms with Crippen LogP contribution in [0, 0.1) is 0 Å². The van der Waals surface area contributed by atoms with Gasteiger partial charge in [-0.2, -0.15) is 0 Å². The van der Waals surface area contributed by atoms with Gasteiger partial charge in [-0.05, 0) is 5.56 Å². The van der Waals surface area contributed by atoms with E-state index in [1.54, 1.807) is 0 Å². The van der Waals surface area contributed by atoms with Crippen LogP contribution in [-0.2, 0) is 11.3 Å². The zero-order chi connectivity index (χ0) is 9.80. The van der Waals surface area contributed by atoms with Gasteiger partial charge in [0.2, 0.25) is 0 Å². The van der Waals surface area contributed by atoms with Crippen molar-refractivity contribution in [1.29, 1.82) is 0 Å². The van der Waals surface area contributed by atoms with Crippen molar-refractivity contribution in [3.05, 3.63) is 35.9 Å². The van der Waals surface area contributed by atoms with Crippen molar-refractivity contribution < 1.29 is 9.94 Å². The summed E-state index contributed by atoms with van der Waals surface area (Å²) in [6.07, 6.45) is 1.77. The minimum Gasteiger partial charge on any atom is -0.411 e. The highest BCUT2D eigenvalue weighted by Crippen LogP contribution is 2.21. The molecular formula is C11H13NO2. The van der Waals surface area contributed by atoms with Gasteiger partial charge in [0.05, 0.1) is 18.4 Å². The first-order valence-electron chi connectivity index (χ1n) is 4.74. The van der Waals surface area contributed by atoms with Gasteiger partial charge >= 0.3 is 0 Å². The number of rotatable bonds is 3. The highest BCUT2D eigenvalue weighted by Gasteiger charge is 2.25. The minimum absolute atomic E-state index is 0.237. The Labute approximate surface area is 83.0 Å². The van der Waals surface area contributed by atoms with Crippen LogP contribution < -0.4 is 0 Å². The maximum absolute atomic E-state index is 8.42. The molecule has 1 aromatic rings. The Balaban J connectivity index is 1.74. The van der Waals surface area contributed by atoms with Crippen molar-refractivity contribution in [1.82, 2.24) is 0 Å². The van der Waals surface area contributed by atoms with Crippen LogP contribution in [-0.4, -0.2) is 17.0 Å². The van der Waals surface area contributed by atoms with Crippen LogP contribution in [0.25, 0.3) is 0 Å². The van der Waals surface area contributed by atoms with Crippen LogP contribution in [0.15, 0.2) is 35.5 Å². The summed E-state index contributed by atoms with van der Waals surface area (Å²) in [7, 11) is 0. The third kappa shape index (κ3) is 2.12. The average molecular weight is 191 g/mol. The third-order valence-electron chi connectivity index (χ3n) is 2.40. The predicted molar refractivity (Wildman–Crippen MR) is 53.5 cm³/mol. The highest BCUT2D eigenvalue weighted by molar-refractivity contribution is 5.90. The topological polar surface area (TPSA) is 41.8 Å². The number of nitrogens with zero attached hydrogens (tertiary/aromatic N) is 1. The Morgan fingerprint density at radius 2 is 2.00 bits per heavy atom. The molecule has 0 unspecified atom stereocenters. The van der Waals surface area contributed by atoms with Gasteiger partial charge in [0, 0.05) is 12.8 Å². The van der Waals surface area contributed by atoms with Gasteiger partial charge in [0.15, 0.2) is 0 Å². The van der Waals surface area contributed by atoms with E-state index in [1.807, 2.05) is 30.3 Å². The summed E-state index contributed by atoms with van der Waals surface area (Å²) in [5.41, 5.74) is 2.02. The van der Waals surface area contributed by atoms with Crippen LogP contribution in [0.5, 0.6) is 0 Å². The van der Waals surface area contributed by atoms with E-state index in [9.17, 15) is 0 Å². The lowest BCUT2D eigenvalue weighted by atomic mass is 9.93. The summed E-state index contributed by atoms with van der Waals surface area (Å²) in [6, 6.07) is 10.1. The second-order valence-corrected chi connectivity index (χ2v) is 3.49. The quantitative estimate of drug-likeness (QED) is 0.587. The summed E-state index contributed by atoms with van der Waals surface area (Å²) in [6.45, 7) is 0.643. The SMILES string of the molecule is ON=C1CC(OCc2ccccc2)C1. The molecule has 3 heteroatoms. The Morgan fingerprint density at radius 1 is 1.29 bits per heavy atom. The molecule has 1 N–H and O–H groups in total. The molecule has 0 aromatic heterocycles. The smallest absolute Gasteiger partial charge is 0.0720 e. The van der Waals surface area contributed by atoms with Crippen molar-refractivity contribution >= 4 is 5.71 Å². The van der Waals surface area contributed by atoms with Gasteiger partial charge in [-0.3, -0.25) is 0 Å². The maximum atomic E-state index is 8.42. The summed E-state index contributed by atoms with van der Waals surface area (Å²) < 4.78 is 5.60. The van der Waals surface area contributed by atoms with E-state index in [-0.39, 0.29) is 6.10 Å². The molecule has 0 saturated heterocycles. The zero-order valence-electron chi connectivity index (χ0n) is 7.89. The van der Waals surface area contributed by atoms with Crippen molar-refractivity contribution in [3.63, 3.8) is 0 Å². The van der Waals surface area contributed by atoms with E-state index in [4.69, 9.17) is 9.94 Å². The number of hydrogen-bond acceptors (Lipinski definition) is 3. The third-order valence-corrected chi connectivity index (χ3v) is 2.40. The number of hydrogen-bond donors (Lipinski definition) is 1. The van der Waals surface area contributed by atoms with E-state index in [2.05, 4.69) is 5.16 Å². The standard InChI is InChI=1S/C11H13NO2/c13-12-10-6-11(7-10)14-8-9-4-2-1-3-5-9/h1-5,11,13H,6-8H2. The number of ether oxygens (including phenoxy) is 1. The van der Waals surface area contributed by atoms with Gasteiger partial charge < -0.3 is 9.94 Å². The summed E-state index contributed by atoms with van der Waals surface area (Å²) in [5.74, 6) is 0.